The summed E-state index contributed by atoms with van der Waals surface area (Å²) in [6.07, 6.45) is 0.313. The largest absolute Gasteiger partial charge is 0.507 e. The Bertz CT molecular complexity index is 448. The highest BCUT2D eigenvalue weighted by Gasteiger charge is 2.17. The summed E-state index contributed by atoms with van der Waals surface area (Å²) in [7, 11) is 0. The van der Waals surface area contributed by atoms with E-state index in [1.807, 2.05) is 22.6 Å². The van der Waals surface area contributed by atoms with Gasteiger partial charge in [-0.25, -0.2) is 0 Å². The number of ketones is 1. The van der Waals surface area contributed by atoms with Gasteiger partial charge in [0.05, 0.1) is 9.61 Å². The summed E-state index contributed by atoms with van der Waals surface area (Å²) in [6, 6.07) is 3.75. The number of phenols is 1. The van der Waals surface area contributed by atoms with E-state index in [1.165, 1.54) is 12.1 Å². The van der Waals surface area contributed by atoms with E-state index in [-0.39, 0.29) is 24.4 Å². The summed E-state index contributed by atoms with van der Waals surface area (Å²) in [6.45, 7) is 0. The molecule has 17 heavy (non-hydrogen) atoms. The fourth-order valence-electron chi connectivity index (χ4n) is 1.30. The Morgan fingerprint density at radius 3 is 2.59 bits per heavy atom. The molecule has 0 saturated heterocycles. The monoisotopic (exact) mass is 348 g/mol. The SMILES string of the molecule is NC(=O)CCC(N)C(=O)c1ccc(O)c(I)c1. The fraction of sp³-hybridized carbons (Fsp3) is 0.273. The van der Waals surface area contributed by atoms with Crippen LogP contribution in [0, 0.1) is 3.57 Å². The second-order valence-electron chi connectivity index (χ2n) is 3.64. The van der Waals surface area contributed by atoms with Crippen molar-refractivity contribution >= 4 is 34.3 Å². The number of benzene rings is 1. The van der Waals surface area contributed by atoms with Crippen LogP contribution in [0.4, 0.5) is 0 Å². The Morgan fingerprint density at radius 1 is 1.41 bits per heavy atom. The second-order valence-corrected chi connectivity index (χ2v) is 4.80. The van der Waals surface area contributed by atoms with E-state index in [0.29, 0.717) is 9.13 Å². The molecule has 0 spiro atoms. The molecule has 1 aromatic rings. The molecular formula is C11H13IN2O3. The maximum atomic E-state index is 11.9. The van der Waals surface area contributed by atoms with Crippen molar-refractivity contribution in [2.24, 2.45) is 11.5 Å². The lowest BCUT2D eigenvalue weighted by Gasteiger charge is -2.10. The van der Waals surface area contributed by atoms with E-state index in [0.717, 1.165) is 0 Å². The third kappa shape index (κ3) is 3.97. The zero-order chi connectivity index (χ0) is 13.0. The van der Waals surface area contributed by atoms with Crippen LogP contribution in [0.25, 0.3) is 0 Å². The average Bonchev–Trinajstić information content (AvgIpc) is 2.28. The van der Waals surface area contributed by atoms with Gasteiger partial charge in [-0.2, -0.15) is 0 Å². The number of hydrogen-bond acceptors (Lipinski definition) is 4. The Balaban J connectivity index is 2.74. The van der Waals surface area contributed by atoms with Gasteiger partial charge in [-0.3, -0.25) is 9.59 Å². The number of primary amides is 1. The van der Waals surface area contributed by atoms with Crippen molar-refractivity contribution in [1.29, 1.82) is 0 Å². The molecule has 5 nitrogen and oxygen atoms in total. The molecule has 0 aliphatic heterocycles. The third-order valence-corrected chi connectivity index (χ3v) is 3.13. The predicted molar refractivity (Wildman–Crippen MR) is 71.6 cm³/mol. The fourth-order valence-corrected chi connectivity index (χ4v) is 1.82. The molecule has 0 fully saturated rings. The highest BCUT2D eigenvalue weighted by atomic mass is 127. The van der Waals surface area contributed by atoms with Gasteiger partial charge in [0.2, 0.25) is 5.91 Å². The van der Waals surface area contributed by atoms with Crippen LogP contribution < -0.4 is 11.5 Å². The summed E-state index contributed by atoms with van der Waals surface area (Å²) < 4.78 is 0.579. The molecular weight excluding hydrogens is 335 g/mol. The summed E-state index contributed by atoms with van der Waals surface area (Å²) in [5.41, 5.74) is 11.1. The first-order chi connectivity index (χ1) is 7.91. The van der Waals surface area contributed by atoms with E-state index in [1.54, 1.807) is 6.07 Å². The number of Topliss-reactive ketones (excluding diaryl/α,β-unsaturated/α-hetero) is 1. The number of rotatable bonds is 5. The van der Waals surface area contributed by atoms with Crippen molar-refractivity contribution in [3.63, 3.8) is 0 Å². The number of amides is 1. The van der Waals surface area contributed by atoms with Crippen molar-refractivity contribution in [1.82, 2.24) is 0 Å². The molecule has 6 heteroatoms. The normalized spacial score (nSPS) is 12.1. The van der Waals surface area contributed by atoms with Crippen LogP contribution in [0.1, 0.15) is 23.2 Å². The first kappa shape index (κ1) is 13.9. The highest BCUT2D eigenvalue weighted by molar-refractivity contribution is 14.1. The lowest BCUT2D eigenvalue weighted by Crippen LogP contribution is -2.32. The van der Waals surface area contributed by atoms with E-state index in [2.05, 4.69) is 0 Å². The van der Waals surface area contributed by atoms with Crippen LogP contribution in [0.2, 0.25) is 0 Å². The van der Waals surface area contributed by atoms with Gasteiger partial charge in [0.1, 0.15) is 5.75 Å². The van der Waals surface area contributed by atoms with Crippen molar-refractivity contribution in [2.75, 3.05) is 0 Å². The third-order valence-electron chi connectivity index (χ3n) is 2.27. The Morgan fingerprint density at radius 2 is 2.06 bits per heavy atom. The van der Waals surface area contributed by atoms with Gasteiger partial charge in [0.15, 0.2) is 5.78 Å². The van der Waals surface area contributed by atoms with Gasteiger partial charge in [0.25, 0.3) is 0 Å². The second kappa shape index (κ2) is 5.97. The minimum absolute atomic E-state index is 0.0854. The number of aromatic hydroxyl groups is 1. The zero-order valence-corrected chi connectivity index (χ0v) is 11.2. The van der Waals surface area contributed by atoms with Gasteiger partial charge in [-0.1, -0.05) is 0 Å². The molecule has 5 N–H and O–H groups in total. The topological polar surface area (TPSA) is 106 Å². The predicted octanol–water partition coefficient (Wildman–Crippen LogP) is 0.772. The zero-order valence-electron chi connectivity index (χ0n) is 9.02. The molecule has 0 radical (unpaired) electrons. The molecule has 0 aliphatic rings. The Labute approximate surface area is 112 Å². The van der Waals surface area contributed by atoms with E-state index < -0.39 is 11.9 Å². The molecule has 1 amide bonds. The minimum Gasteiger partial charge on any atom is -0.507 e. The van der Waals surface area contributed by atoms with Crippen LogP contribution in [-0.4, -0.2) is 22.8 Å². The average molecular weight is 348 g/mol. The number of hydrogen-bond donors (Lipinski definition) is 3. The van der Waals surface area contributed by atoms with Crippen LogP contribution in [0.3, 0.4) is 0 Å². The quantitative estimate of drug-likeness (QED) is 0.540. The Kier molecular flexibility index (Phi) is 4.88. The van der Waals surface area contributed by atoms with Gasteiger partial charge in [0, 0.05) is 12.0 Å². The number of halogens is 1. The number of phenolic OH excluding ortho intramolecular Hbond substituents is 1. The molecule has 1 atom stereocenters. The van der Waals surface area contributed by atoms with Crippen molar-refractivity contribution in [3.8, 4) is 5.75 Å². The van der Waals surface area contributed by atoms with E-state index in [9.17, 15) is 14.7 Å². The molecule has 92 valence electrons. The minimum atomic E-state index is -0.747. The summed E-state index contributed by atoms with van der Waals surface area (Å²) in [5.74, 6) is -0.620. The molecule has 0 bridgehead atoms. The van der Waals surface area contributed by atoms with Crippen LogP contribution in [-0.2, 0) is 4.79 Å². The van der Waals surface area contributed by atoms with Gasteiger partial charge in [-0.15, -0.1) is 0 Å². The van der Waals surface area contributed by atoms with E-state index in [4.69, 9.17) is 11.5 Å². The van der Waals surface area contributed by atoms with Gasteiger partial charge >= 0.3 is 0 Å². The smallest absolute Gasteiger partial charge is 0.217 e. The first-order valence-electron chi connectivity index (χ1n) is 4.98. The van der Waals surface area contributed by atoms with Gasteiger partial charge < -0.3 is 16.6 Å². The molecule has 1 unspecified atom stereocenters. The molecule has 0 aliphatic carbocycles. The Hall–Kier alpha value is -1.15. The standard InChI is InChI=1S/C11H13IN2O3/c12-7-5-6(1-3-9(7)15)11(17)8(13)2-4-10(14)16/h1,3,5,8,15H,2,4,13H2,(H2,14,16). The summed E-state index contributed by atoms with van der Waals surface area (Å²) >= 11 is 1.92. The van der Waals surface area contributed by atoms with Crippen molar-refractivity contribution < 1.29 is 14.7 Å². The number of carbonyl (C=O) groups excluding carboxylic acids is 2. The maximum Gasteiger partial charge on any atom is 0.217 e. The van der Waals surface area contributed by atoms with Crippen molar-refractivity contribution in [2.45, 2.75) is 18.9 Å². The van der Waals surface area contributed by atoms with Gasteiger partial charge in [-0.05, 0) is 47.2 Å². The molecule has 1 rings (SSSR count). The lowest BCUT2D eigenvalue weighted by atomic mass is 10.0. The molecule has 0 saturated carbocycles. The van der Waals surface area contributed by atoms with E-state index >= 15 is 0 Å². The summed E-state index contributed by atoms with van der Waals surface area (Å²) in [5, 5.41) is 9.33. The molecule has 0 heterocycles. The van der Waals surface area contributed by atoms with Crippen LogP contribution in [0.15, 0.2) is 18.2 Å². The first-order valence-corrected chi connectivity index (χ1v) is 6.06. The van der Waals surface area contributed by atoms with Crippen molar-refractivity contribution in [3.05, 3.63) is 27.3 Å². The number of nitrogens with two attached hydrogens (primary N) is 2. The molecule has 1 aromatic carbocycles. The molecule has 0 aromatic heterocycles. The summed E-state index contributed by atoms with van der Waals surface area (Å²) in [4.78, 5) is 22.4. The maximum absolute atomic E-state index is 11.9. The lowest BCUT2D eigenvalue weighted by molar-refractivity contribution is -0.118. The van der Waals surface area contributed by atoms with Crippen LogP contribution in [0.5, 0.6) is 5.75 Å². The van der Waals surface area contributed by atoms with Crippen LogP contribution >= 0.6 is 22.6 Å². The number of carbonyl (C=O) groups is 2. The highest BCUT2D eigenvalue weighted by Crippen LogP contribution is 2.21.